The van der Waals surface area contributed by atoms with Crippen LogP contribution >= 0.6 is 69.6 Å². The number of rotatable bonds is 4. The van der Waals surface area contributed by atoms with Gasteiger partial charge < -0.3 is 4.74 Å². The number of nitrogens with zero attached hydrogens (tertiary/aromatic N) is 3. The number of aryl methyl sites for hydroxylation is 1. The van der Waals surface area contributed by atoms with E-state index in [1.165, 1.54) is 5.56 Å². The third-order valence-electron chi connectivity index (χ3n) is 3.47. The first-order valence-corrected chi connectivity index (χ1v) is 9.78. The minimum atomic E-state index is -1.90. The topological polar surface area (TPSA) is 51.2 Å². The van der Waals surface area contributed by atoms with Gasteiger partial charge in [-0.15, -0.1) is 0 Å². The molecule has 2 aromatic rings. The number of halogens is 6. The van der Waals surface area contributed by atoms with Crippen LogP contribution in [0, 0.1) is 0 Å². The molecule has 2 heterocycles. The Kier molecular flexibility index (Phi) is 5.84. The highest BCUT2D eigenvalue weighted by molar-refractivity contribution is 6.67. The van der Waals surface area contributed by atoms with Gasteiger partial charge in [-0.3, -0.25) is 0 Å². The molecular formula is C16H11Cl6N3O. The summed E-state index contributed by atoms with van der Waals surface area (Å²) in [7, 11) is 0. The Balaban J connectivity index is 1.99. The molecule has 1 aromatic carbocycles. The molecule has 0 N–H and O–H groups in total. The highest BCUT2D eigenvalue weighted by atomic mass is 35.6. The Hall–Kier alpha value is -0.490. The van der Waals surface area contributed by atoms with Crippen LogP contribution < -0.4 is 0 Å². The van der Waals surface area contributed by atoms with E-state index in [-0.39, 0.29) is 17.5 Å². The molecule has 0 saturated carbocycles. The number of benzene rings is 1. The minimum Gasteiger partial charge on any atom is -0.445 e. The average molecular weight is 474 g/mol. The van der Waals surface area contributed by atoms with Crippen LogP contribution in [0.3, 0.4) is 0 Å². The number of hydrogen-bond acceptors (Lipinski definition) is 4. The maximum atomic E-state index is 5.87. The molecule has 10 heteroatoms. The van der Waals surface area contributed by atoms with Gasteiger partial charge in [0.1, 0.15) is 0 Å². The van der Waals surface area contributed by atoms with Gasteiger partial charge in [0.05, 0.1) is 0 Å². The maximum Gasteiger partial charge on any atom is 0.250 e. The van der Waals surface area contributed by atoms with Crippen LogP contribution in [0.2, 0.25) is 0 Å². The molecule has 0 atom stereocenters. The van der Waals surface area contributed by atoms with Gasteiger partial charge in [-0.05, 0) is 12.0 Å². The third-order valence-corrected chi connectivity index (χ3v) is 4.48. The molecule has 4 nitrogen and oxygen atoms in total. The first-order chi connectivity index (χ1) is 12.1. The van der Waals surface area contributed by atoms with Crippen LogP contribution in [0.5, 0.6) is 0 Å². The molecule has 26 heavy (non-hydrogen) atoms. The van der Waals surface area contributed by atoms with Crippen LogP contribution in [0.4, 0.5) is 0 Å². The number of ether oxygens (including phenoxy) is 1. The highest BCUT2D eigenvalue weighted by Crippen LogP contribution is 2.45. The van der Waals surface area contributed by atoms with E-state index in [1.807, 2.05) is 24.3 Å². The monoisotopic (exact) mass is 471 g/mol. The molecule has 0 bridgehead atoms. The molecule has 0 fully saturated rings. The Morgan fingerprint density at radius 1 is 0.808 bits per heavy atom. The summed E-state index contributed by atoms with van der Waals surface area (Å²) in [6, 6.07) is 8.00. The van der Waals surface area contributed by atoms with Crippen molar-refractivity contribution in [2.75, 3.05) is 0 Å². The normalized spacial score (nSPS) is 14.4. The standard InChI is InChI=1S/C16H11Cl6N3O/c1-2-3-8-4-6-9(7-5-8)10-11(26-10)12-23-13(15(17,18)19)25-14(24-12)16(20,21)22/h4-7H,2-3H2,1H3. The molecule has 0 spiro atoms. The lowest BCUT2D eigenvalue weighted by molar-refractivity contribution is 0.578. The van der Waals surface area contributed by atoms with E-state index in [4.69, 9.17) is 74.3 Å². The molecule has 0 radical (unpaired) electrons. The first-order valence-electron chi connectivity index (χ1n) is 7.52. The first kappa shape index (κ1) is 20.2. The van der Waals surface area contributed by atoms with E-state index in [0.29, 0.717) is 11.5 Å². The van der Waals surface area contributed by atoms with Crippen molar-refractivity contribution in [3.8, 4) is 0 Å². The van der Waals surface area contributed by atoms with Crippen molar-refractivity contribution in [1.82, 2.24) is 15.0 Å². The van der Waals surface area contributed by atoms with Crippen molar-refractivity contribution in [2.45, 2.75) is 27.4 Å². The zero-order valence-electron chi connectivity index (χ0n) is 13.2. The van der Waals surface area contributed by atoms with Crippen LogP contribution in [-0.2, 0) is 18.7 Å². The number of aromatic nitrogens is 3. The minimum absolute atomic E-state index is 0.135. The zero-order chi connectivity index (χ0) is 19.1. The zero-order valence-corrected chi connectivity index (χ0v) is 17.8. The van der Waals surface area contributed by atoms with Gasteiger partial charge in [0.15, 0.2) is 17.4 Å². The molecule has 0 unspecified atom stereocenters. The van der Waals surface area contributed by atoms with Gasteiger partial charge in [-0.25, -0.2) is 15.0 Å². The van der Waals surface area contributed by atoms with Gasteiger partial charge >= 0.3 is 0 Å². The summed E-state index contributed by atoms with van der Waals surface area (Å²) in [4.78, 5) is 12.2. The van der Waals surface area contributed by atoms with E-state index < -0.39 is 7.59 Å². The smallest absolute Gasteiger partial charge is 0.250 e. The lowest BCUT2D eigenvalue weighted by atomic mass is 10.1. The summed E-state index contributed by atoms with van der Waals surface area (Å²) >= 11 is 35.2. The molecule has 138 valence electrons. The highest BCUT2D eigenvalue weighted by Gasteiger charge is 2.38. The van der Waals surface area contributed by atoms with Crippen molar-refractivity contribution < 1.29 is 4.74 Å². The van der Waals surface area contributed by atoms with Crippen molar-refractivity contribution >= 4 is 81.1 Å². The fourth-order valence-corrected chi connectivity index (χ4v) is 2.76. The second-order valence-corrected chi connectivity index (χ2v) is 10.1. The third kappa shape index (κ3) is 4.67. The van der Waals surface area contributed by atoms with Crippen molar-refractivity contribution in [3.63, 3.8) is 0 Å². The van der Waals surface area contributed by atoms with E-state index in [9.17, 15) is 0 Å². The molecule has 0 amide bonds. The van der Waals surface area contributed by atoms with Crippen molar-refractivity contribution in [2.24, 2.45) is 0 Å². The summed E-state index contributed by atoms with van der Waals surface area (Å²) in [5, 5.41) is 0. The molecule has 3 rings (SSSR count). The van der Waals surface area contributed by atoms with Crippen LogP contribution in [0.1, 0.15) is 41.9 Å². The van der Waals surface area contributed by atoms with Gasteiger partial charge in [-0.1, -0.05) is 107 Å². The van der Waals surface area contributed by atoms with Crippen molar-refractivity contribution in [1.29, 1.82) is 0 Å². The maximum absolute atomic E-state index is 5.87. The van der Waals surface area contributed by atoms with E-state index in [2.05, 4.69) is 21.9 Å². The number of hydrogen-bond donors (Lipinski definition) is 0. The molecule has 1 aromatic heterocycles. The Morgan fingerprint density at radius 2 is 1.35 bits per heavy atom. The van der Waals surface area contributed by atoms with Crippen molar-refractivity contribution in [3.05, 3.63) is 52.9 Å². The summed E-state index contributed by atoms with van der Waals surface area (Å²) in [6.45, 7) is 2.13. The second kappa shape index (κ2) is 7.50. The van der Waals surface area contributed by atoms with Crippen LogP contribution in [0.15, 0.2) is 24.3 Å². The van der Waals surface area contributed by atoms with Crippen LogP contribution in [-0.4, -0.2) is 15.0 Å². The molecule has 1 aliphatic rings. The summed E-state index contributed by atoms with van der Waals surface area (Å²) in [5.41, 5.74) is 2.13. The largest absolute Gasteiger partial charge is 0.445 e. The molecule has 1 aliphatic heterocycles. The fraction of sp³-hybridized carbons (Fsp3) is 0.312. The predicted molar refractivity (Wildman–Crippen MR) is 107 cm³/mol. The summed E-state index contributed by atoms with van der Waals surface area (Å²) in [6.07, 6.45) is 2.09. The quantitative estimate of drug-likeness (QED) is 0.486. The van der Waals surface area contributed by atoms with Crippen LogP contribution in [0.25, 0.3) is 11.5 Å². The Labute approximate surface area is 180 Å². The Morgan fingerprint density at radius 3 is 1.81 bits per heavy atom. The average Bonchev–Trinajstić information content (AvgIpc) is 3.34. The second-order valence-electron chi connectivity index (χ2n) is 5.51. The Bertz CT molecular complexity index is 824. The van der Waals surface area contributed by atoms with Gasteiger partial charge in [0.2, 0.25) is 19.2 Å². The predicted octanol–water partition coefficient (Wildman–Crippen LogP) is 6.33. The lowest BCUT2D eigenvalue weighted by Crippen LogP contribution is -2.17. The van der Waals surface area contributed by atoms with E-state index in [1.54, 1.807) is 0 Å². The molecular weight excluding hydrogens is 463 g/mol. The fourth-order valence-electron chi connectivity index (χ4n) is 2.26. The van der Waals surface area contributed by atoms with Gasteiger partial charge in [-0.2, -0.15) is 0 Å². The molecule has 0 saturated heterocycles. The van der Waals surface area contributed by atoms with Gasteiger partial charge in [0, 0.05) is 5.56 Å². The molecule has 0 aliphatic carbocycles. The summed E-state index contributed by atoms with van der Waals surface area (Å²) < 4.78 is 1.74. The van der Waals surface area contributed by atoms with E-state index in [0.717, 1.165) is 18.4 Å². The van der Waals surface area contributed by atoms with Gasteiger partial charge in [0.25, 0.3) is 0 Å². The summed E-state index contributed by atoms with van der Waals surface area (Å²) in [5.74, 6) is 0.852. The number of alkyl halides is 6. The SMILES string of the molecule is CCCc1ccc(C2=C(c3nc(C(Cl)(Cl)Cl)nc(C(Cl)(Cl)Cl)n3)O2)cc1. The lowest BCUT2D eigenvalue weighted by Gasteiger charge is -2.14. The van der Waals surface area contributed by atoms with E-state index >= 15 is 0 Å².